The Labute approximate surface area is 128 Å². The van der Waals surface area contributed by atoms with E-state index in [4.69, 9.17) is 9.26 Å². The second-order valence-corrected chi connectivity index (χ2v) is 5.47. The van der Waals surface area contributed by atoms with Gasteiger partial charge in [-0.3, -0.25) is 4.79 Å². The molecule has 1 fully saturated rings. The van der Waals surface area contributed by atoms with Crippen LogP contribution in [0.5, 0.6) is 5.88 Å². The van der Waals surface area contributed by atoms with E-state index in [-0.39, 0.29) is 12.0 Å². The maximum Gasteiger partial charge on any atom is 0.276 e. The summed E-state index contributed by atoms with van der Waals surface area (Å²) >= 11 is 0. The number of carbonyl (C=O) groups is 1. The Bertz CT molecular complexity index is 653. The number of ether oxygens (including phenoxy) is 1. The van der Waals surface area contributed by atoms with Gasteiger partial charge in [0.1, 0.15) is 11.9 Å². The first-order valence-electron chi connectivity index (χ1n) is 7.31. The zero-order valence-electron chi connectivity index (χ0n) is 12.7. The molecule has 0 aromatic carbocycles. The van der Waals surface area contributed by atoms with Gasteiger partial charge in [0.2, 0.25) is 5.88 Å². The van der Waals surface area contributed by atoms with Crippen LogP contribution in [0.2, 0.25) is 0 Å². The van der Waals surface area contributed by atoms with Gasteiger partial charge in [-0.15, -0.1) is 5.10 Å². The summed E-state index contributed by atoms with van der Waals surface area (Å²) in [5.74, 6) is 0.991. The molecule has 1 saturated heterocycles. The molecule has 1 amide bonds. The lowest BCUT2D eigenvalue weighted by molar-refractivity contribution is 0.0516. The number of aromatic nitrogens is 3. The van der Waals surface area contributed by atoms with E-state index >= 15 is 0 Å². The number of hydrogen-bond acceptors (Lipinski definition) is 6. The van der Waals surface area contributed by atoms with E-state index in [1.54, 1.807) is 24.0 Å². The molecule has 7 heteroatoms. The number of amides is 1. The predicted octanol–water partition coefficient (Wildman–Crippen LogP) is 1.77. The Morgan fingerprint density at radius 1 is 1.36 bits per heavy atom. The molecule has 0 unspecified atom stereocenters. The quantitative estimate of drug-likeness (QED) is 0.859. The number of aryl methyl sites for hydroxylation is 2. The van der Waals surface area contributed by atoms with Gasteiger partial charge in [-0.2, -0.15) is 5.10 Å². The molecule has 116 valence electrons. The van der Waals surface area contributed by atoms with E-state index in [0.29, 0.717) is 30.4 Å². The van der Waals surface area contributed by atoms with E-state index in [1.165, 1.54) is 0 Å². The minimum absolute atomic E-state index is 0.0808. The van der Waals surface area contributed by atoms with Gasteiger partial charge in [0.25, 0.3) is 5.91 Å². The third-order valence-corrected chi connectivity index (χ3v) is 3.57. The molecule has 3 rings (SSSR count). The van der Waals surface area contributed by atoms with E-state index in [9.17, 15) is 4.79 Å². The average molecular weight is 302 g/mol. The van der Waals surface area contributed by atoms with Crippen molar-refractivity contribution in [3.8, 4) is 5.88 Å². The molecular weight excluding hydrogens is 284 g/mol. The second kappa shape index (κ2) is 6.13. The molecule has 0 bridgehead atoms. The smallest absolute Gasteiger partial charge is 0.276 e. The van der Waals surface area contributed by atoms with Gasteiger partial charge in [0.15, 0.2) is 5.69 Å². The SMILES string of the molecule is Cc1ccc(O[C@H]2CCCN(C(=O)c3cc(C)on3)C2)nn1. The molecule has 3 heterocycles. The molecular formula is C15H18N4O3. The van der Waals surface area contributed by atoms with Gasteiger partial charge in [-0.05, 0) is 32.8 Å². The Balaban J connectivity index is 1.63. The van der Waals surface area contributed by atoms with Crippen molar-refractivity contribution in [3.05, 3.63) is 35.3 Å². The summed E-state index contributed by atoms with van der Waals surface area (Å²) in [4.78, 5) is 14.1. The minimum atomic E-state index is -0.125. The molecule has 0 aliphatic carbocycles. The average Bonchev–Trinajstić information content (AvgIpc) is 2.96. The first kappa shape index (κ1) is 14.5. The highest BCUT2D eigenvalue weighted by molar-refractivity contribution is 5.92. The first-order valence-corrected chi connectivity index (χ1v) is 7.31. The molecule has 0 N–H and O–H groups in total. The molecule has 2 aromatic heterocycles. The molecule has 1 atom stereocenters. The Hall–Kier alpha value is -2.44. The Morgan fingerprint density at radius 3 is 2.91 bits per heavy atom. The zero-order chi connectivity index (χ0) is 15.5. The second-order valence-electron chi connectivity index (χ2n) is 5.47. The highest BCUT2D eigenvalue weighted by Gasteiger charge is 2.27. The zero-order valence-corrected chi connectivity index (χ0v) is 12.7. The highest BCUT2D eigenvalue weighted by atomic mass is 16.5. The van der Waals surface area contributed by atoms with Crippen LogP contribution in [-0.4, -0.2) is 45.4 Å². The van der Waals surface area contributed by atoms with E-state index in [2.05, 4.69) is 15.4 Å². The summed E-state index contributed by atoms with van der Waals surface area (Å²) in [6.07, 6.45) is 1.69. The van der Waals surface area contributed by atoms with Crippen LogP contribution >= 0.6 is 0 Å². The van der Waals surface area contributed by atoms with Crippen molar-refractivity contribution in [2.24, 2.45) is 0 Å². The van der Waals surface area contributed by atoms with Gasteiger partial charge in [-0.1, -0.05) is 5.16 Å². The third kappa shape index (κ3) is 3.24. The molecule has 0 saturated carbocycles. The van der Waals surface area contributed by atoms with Crippen LogP contribution in [0.4, 0.5) is 0 Å². The van der Waals surface area contributed by atoms with Gasteiger partial charge in [-0.25, -0.2) is 0 Å². The number of piperidine rings is 1. The summed E-state index contributed by atoms with van der Waals surface area (Å²) in [7, 11) is 0. The van der Waals surface area contributed by atoms with Crippen molar-refractivity contribution in [1.82, 2.24) is 20.3 Å². The van der Waals surface area contributed by atoms with Gasteiger partial charge in [0, 0.05) is 18.7 Å². The summed E-state index contributed by atoms with van der Waals surface area (Å²) in [6.45, 7) is 4.85. The number of carbonyl (C=O) groups excluding carboxylic acids is 1. The summed E-state index contributed by atoms with van der Waals surface area (Å²) in [6, 6.07) is 5.30. The van der Waals surface area contributed by atoms with Crippen molar-refractivity contribution < 1.29 is 14.1 Å². The Morgan fingerprint density at radius 2 is 2.23 bits per heavy atom. The van der Waals surface area contributed by atoms with Crippen molar-refractivity contribution in [3.63, 3.8) is 0 Å². The van der Waals surface area contributed by atoms with Crippen LogP contribution in [0.1, 0.15) is 34.8 Å². The number of nitrogens with zero attached hydrogens (tertiary/aromatic N) is 4. The number of rotatable bonds is 3. The first-order chi connectivity index (χ1) is 10.6. The van der Waals surface area contributed by atoms with Crippen LogP contribution in [0, 0.1) is 13.8 Å². The maximum absolute atomic E-state index is 12.4. The predicted molar refractivity (Wildman–Crippen MR) is 77.6 cm³/mol. The monoisotopic (exact) mass is 302 g/mol. The van der Waals surface area contributed by atoms with E-state index in [0.717, 1.165) is 18.5 Å². The fourth-order valence-electron chi connectivity index (χ4n) is 2.47. The third-order valence-electron chi connectivity index (χ3n) is 3.57. The van der Waals surface area contributed by atoms with Crippen molar-refractivity contribution >= 4 is 5.91 Å². The minimum Gasteiger partial charge on any atom is -0.471 e. The molecule has 1 aliphatic heterocycles. The molecule has 0 radical (unpaired) electrons. The van der Waals surface area contributed by atoms with Gasteiger partial charge < -0.3 is 14.2 Å². The molecule has 0 spiro atoms. The lowest BCUT2D eigenvalue weighted by Gasteiger charge is -2.32. The van der Waals surface area contributed by atoms with E-state index < -0.39 is 0 Å². The lowest BCUT2D eigenvalue weighted by Crippen LogP contribution is -2.44. The molecule has 22 heavy (non-hydrogen) atoms. The highest BCUT2D eigenvalue weighted by Crippen LogP contribution is 2.18. The number of hydrogen-bond donors (Lipinski definition) is 0. The van der Waals surface area contributed by atoms with E-state index in [1.807, 2.05) is 13.0 Å². The summed E-state index contributed by atoms with van der Waals surface area (Å²) in [5.41, 5.74) is 1.18. The lowest BCUT2D eigenvalue weighted by atomic mass is 10.1. The van der Waals surface area contributed by atoms with Crippen LogP contribution < -0.4 is 4.74 Å². The van der Waals surface area contributed by atoms with Gasteiger partial charge >= 0.3 is 0 Å². The Kier molecular flexibility index (Phi) is 4.04. The summed E-state index contributed by atoms with van der Waals surface area (Å²) in [5, 5.41) is 11.8. The standard InChI is InChI=1S/C15H18N4O3/c1-10-5-6-14(17-16-10)21-12-4-3-7-19(9-12)15(20)13-8-11(2)22-18-13/h5-6,8,12H,3-4,7,9H2,1-2H3/t12-/m0/s1. The van der Waals surface area contributed by atoms with Crippen molar-refractivity contribution in [2.45, 2.75) is 32.8 Å². The van der Waals surface area contributed by atoms with Crippen LogP contribution in [0.15, 0.2) is 22.7 Å². The fraction of sp³-hybridized carbons (Fsp3) is 0.467. The normalized spacial score (nSPS) is 18.3. The van der Waals surface area contributed by atoms with Crippen molar-refractivity contribution in [1.29, 1.82) is 0 Å². The van der Waals surface area contributed by atoms with Crippen LogP contribution in [-0.2, 0) is 0 Å². The van der Waals surface area contributed by atoms with Crippen LogP contribution in [0.3, 0.4) is 0 Å². The van der Waals surface area contributed by atoms with Gasteiger partial charge in [0.05, 0.1) is 12.2 Å². The molecule has 2 aromatic rings. The van der Waals surface area contributed by atoms with Crippen LogP contribution in [0.25, 0.3) is 0 Å². The van der Waals surface area contributed by atoms with Crippen molar-refractivity contribution in [2.75, 3.05) is 13.1 Å². The topological polar surface area (TPSA) is 81.4 Å². The molecule has 7 nitrogen and oxygen atoms in total. The maximum atomic E-state index is 12.4. The largest absolute Gasteiger partial charge is 0.471 e. The molecule has 1 aliphatic rings. The number of likely N-dealkylation sites (tertiary alicyclic amines) is 1. The fourth-order valence-corrected chi connectivity index (χ4v) is 2.47. The summed E-state index contributed by atoms with van der Waals surface area (Å²) < 4.78 is 10.8.